The van der Waals surface area contributed by atoms with Crippen LogP contribution < -0.4 is 0 Å². The van der Waals surface area contributed by atoms with Crippen LogP contribution in [0.4, 0.5) is 0 Å². The maximum atomic E-state index is 12.2. The standard InChI is InChI=1S/C18H30O9S2/c1-12(2)9-14(18(25)26-6-4-8-29-11-16(22)23)27-17(24)13(19)5-3-7-28-10-15(20)21/h12-14,19H,3-11H2,1-2H3,(H,20,21)(H,22,23)/t13-,14-/m0/s1. The third-order valence-electron chi connectivity index (χ3n) is 3.37. The van der Waals surface area contributed by atoms with Crippen LogP contribution in [0.5, 0.6) is 0 Å². The van der Waals surface area contributed by atoms with Crippen LogP contribution in [0.3, 0.4) is 0 Å². The fourth-order valence-electron chi connectivity index (χ4n) is 2.08. The molecule has 0 rings (SSSR count). The summed E-state index contributed by atoms with van der Waals surface area (Å²) in [6, 6.07) is 0. The number of hydrogen-bond donors (Lipinski definition) is 3. The second kappa shape index (κ2) is 16.3. The van der Waals surface area contributed by atoms with Gasteiger partial charge in [-0.15, -0.1) is 0 Å². The van der Waals surface area contributed by atoms with Crippen LogP contribution in [0, 0.1) is 5.92 Å². The van der Waals surface area contributed by atoms with Crippen molar-refractivity contribution < 1.29 is 44.0 Å². The van der Waals surface area contributed by atoms with Crippen LogP contribution in [0.1, 0.15) is 39.5 Å². The molecule has 9 nitrogen and oxygen atoms in total. The van der Waals surface area contributed by atoms with Gasteiger partial charge in [0, 0.05) is 0 Å². The Morgan fingerprint density at radius 3 is 1.97 bits per heavy atom. The van der Waals surface area contributed by atoms with E-state index in [0.29, 0.717) is 24.3 Å². The van der Waals surface area contributed by atoms with Gasteiger partial charge in [-0.3, -0.25) is 9.59 Å². The van der Waals surface area contributed by atoms with Gasteiger partial charge in [-0.25, -0.2) is 9.59 Å². The van der Waals surface area contributed by atoms with Gasteiger partial charge in [0.25, 0.3) is 0 Å². The van der Waals surface area contributed by atoms with Crippen molar-refractivity contribution in [3.8, 4) is 0 Å². The number of carboxylic acids is 2. The summed E-state index contributed by atoms with van der Waals surface area (Å²) in [6.45, 7) is 3.79. The molecule has 0 aromatic heterocycles. The van der Waals surface area contributed by atoms with Crippen molar-refractivity contribution in [2.45, 2.75) is 51.7 Å². The number of ether oxygens (including phenoxy) is 2. The zero-order chi connectivity index (χ0) is 22.2. The molecule has 0 aliphatic heterocycles. The maximum Gasteiger partial charge on any atom is 0.347 e. The minimum Gasteiger partial charge on any atom is -0.481 e. The second-order valence-electron chi connectivity index (χ2n) is 6.63. The third kappa shape index (κ3) is 16.1. The number of carbonyl (C=O) groups excluding carboxylic acids is 2. The van der Waals surface area contributed by atoms with Crippen LogP contribution in [-0.2, 0) is 28.7 Å². The normalized spacial score (nSPS) is 13.0. The van der Waals surface area contributed by atoms with Gasteiger partial charge in [0.05, 0.1) is 18.1 Å². The van der Waals surface area contributed by atoms with Crippen LogP contribution in [0.15, 0.2) is 0 Å². The largest absolute Gasteiger partial charge is 0.481 e. The second-order valence-corrected chi connectivity index (χ2v) is 8.84. The molecule has 0 heterocycles. The number of aliphatic carboxylic acids is 2. The minimum atomic E-state index is -1.39. The fraction of sp³-hybridized carbons (Fsp3) is 0.778. The number of rotatable bonds is 17. The number of hydrogen-bond acceptors (Lipinski definition) is 9. The van der Waals surface area contributed by atoms with Crippen molar-refractivity contribution in [1.82, 2.24) is 0 Å². The molecule has 29 heavy (non-hydrogen) atoms. The first-order valence-electron chi connectivity index (χ1n) is 9.27. The summed E-state index contributed by atoms with van der Waals surface area (Å²) in [4.78, 5) is 45.1. The molecule has 0 aromatic rings. The molecule has 0 spiro atoms. The summed E-state index contributed by atoms with van der Waals surface area (Å²) in [6.07, 6.45) is -1.25. The molecule has 0 saturated carbocycles. The average Bonchev–Trinajstić information content (AvgIpc) is 2.62. The Hall–Kier alpha value is -1.46. The van der Waals surface area contributed by atoms with E-state index in [2.05, 4.69) is 0 Å². The number of aliphatic hydroxyl groups is 1. The highest BCUT2D eigenvalue weighted by Gasteiger charge is 2.28. The van der Waals surface area contributed by atoms with Crippen molar-refractivity contribution in [3.05, 3.63) is 0 Å². The van der Waals surface area contributed by atoms with E-state index in [-0.39, 0.29) is 36.9 Å². The predicted octanol–water partition coefficient (Wildman–Crippen LogP) is 1.65. The number of esters is 2. The van der Waals surface area contributed by atoms with Gasteiger partial charge in [-0.2, -0.15) is 23.5 Å². The monoisotopic (exact) mass is 454 g/mol. The van der Waals surface area contributed by atoms with E-state index in [9.17, 15) is 24.3 Å². The highest BCUT2D eigenvalue weighted by atomic mass is 32.2. The maximum absolute atomic E-state index is 12.2. The topological polar surface area (TPSA) is 147 Å². The van der Waals surface area contributed by atoms with E-state index in [1.165, 1.54) is 23.5 Å². The molecule has 0 saturated heterocycles. The predicted molar refractivity (Wildman–Crippen MR) is 110 cm³/mol. The SMILES string of the molecule is CC(C)C[C@H](OC(=O)[C@@H](O)CCCSCC(=O)O)C(=O)OCCCSCC(=O)O. The first-order valence-corrected chi connectivity index (χ1v) is 11.6. The quantitative estimate of drug-likeness (QED) is 0.218. The molecule has 0 unspecified atom stereocenters. The first-order chi connectivity index (χ1) is 13.6. The van der Waals surface area contributed by atoms with Gasteiger partial charge in [-0.05, 0) is 43.1 Å². The molecular weight excluding hydrogens is 424 g/mol. The Labute approximate surface area is 178 Å². The van der Waals surface area contributed by atoms with Gasteiger partial charge in [0.1, 0.15) is 0 Å². The van der Waals surface area contributed by atoms with Crippen molar-refractivity contribution in [2.24, 2.45) is 5.92 Å². The molecular formula is C18H30O9S2. The van der Waals surface area contributed by atoms with E-state index in [1.54, 1.807) is 0 Å². The molecule has 0 aliphatic rings. The first kappa shape index (κ1) is 27.5. The highest BCUT2D eigenvalue weighted by Crippen LogP contribution is 2.14. The lowest BCUT2D eigenvalue weighted by atomic mass is 10.1. The van der Waals surface area contributed by atoms with Crippen molar-refractivity contribution in [3.63, 3.8) is 0 Å². The van der Waals surface area contributed by atoms with Crippen LogP contribution >= 0.6 is 23.5 Å². The zero-order valence-corrected chi connectivity index (χ0v) is 18.3. The average molecular weight is 455 g/mol. The van der Waals surface area contributed by atoms with E-state index in [1.807, 2.05) is 13.8 Å². The smallest absolute Gasteiger partial charge is 0.347 e. The van der Waals surface area contributed by atoms with Gasteiger partial charge < -0.3 is 24.8 Å². The van der Waals surface area contributed by atoms with Crippen molar-refractivity contribution >= 4 is 47.4 Å². The van der Waals surface area contributed by atoms with Crippen molar-refractivity contribution in [2.75, 3.05) is 29.6 Å². The van der Waals surface area contributed by atoms with Gasteiger partial charge in [-0.1, -0.05) is 13.8 Å². The number of carboxylic acid groups (broad SMARTS) is 2. The highest BCUT2D eigenvalue weighted by molar-refractivity contribution is 8.00. The Kier molecular flexibility index (Phi) is 15.5. The van der Waals surface area contributed by atoms with E-state index in [4.69, 9.17) is 19.7 Å². The lowest BCUT2D eigenvalue weighted by Gasteiger charge is -2.20. The lowest BCUT2D eigenvalue weighted by molar-refractivity contribution is -0.174. The van der Waals surface area contributed by atoms with Crippen LogP contribution in [0.2, 0.25) is 0 Å². The molecule has 0 radical (unpaired) electrons. The fourth-order valence-corrected chi connectivity index (χ4v) is 3.41. The van der Waals surface area contributed by atoms with E-state index in [0.717, 1.165) is 0 Å². The van der Waals surface area contributed by atoms with E-state index >= 15 is 0 Å². The molecule has 0 amide bonds. The molecule has 0 aromatic carbocycles. The molecule has 0 bridgehead atoms. The molecule has 3 N–H and O–H groups in total. The summed E-state index contributed by atoms with van der Waals surface area (Å²) >= 11 is 2.40. The van der Waals surface area contributed by atoms with Crippen LogP contribution in [-0.4, -0.2) is 81.0 Å². The van der Waals surface area contributed by atoms with E-state index < -0.39 is 36.1 Å². The Bertz CT molecular complexity index is 525. The lowest BCUT2D eigenvalue weighted by Crippen LogP contribution is -2.35. The minimum absolute atomic E-state index is 0.0196. The van der Waals surface area contributed by atoms with Crippen molar-refractivity contribution in [1.29, 1.82) is 0 Å². The summed E-state index contributed by atoms with van der Waals surface area (Å²) in [5.41, 5.74) is 0. The summed E-state index contributed by atoms with van der Waals surface area (Å²) in [7, 11) is 0. The Morgan fingerprint density at radius 1 is 0.897 bits per heavy atom. The summed E-state index contributed by atoms with van der Waals surface area (Å²) in [5.74, 6) is -2.45. The summed E-state index contributed by atoms with van der Waals surface area (Å²) < 4.78 is 10.3. The molecule has 2 atom stereocenters. The Balaban J connectivity index is 4.31. The number of carbonyl (C=O) groups is 4. The molecule has 0 fully saturated rings. The molecule has 168 valence electrons. The third-order valence-corrected chi connectivity index (χ3v) is 5.43. The molecule has 0 aliphatic carbocycles. The number of aliphatic hydroxyl groups excluding tert-OH is 1. The van der Waals surface area contributed by atoms with Gasteiger partial charge >= 0.3 is 23.9 Å². The summed E-state index contributed by atoms with van der Waals surface area (Å²) in [5, 5.41) is 27.0. The van der Waals surface area contributed by atoms with Gasteiger partial charge in [0.15, 0.2) is 12.2 Å². The Morgan fingerprint density at radius 2 is 1.45 bits per heavy atom. The number of thioether (sulfide) groups is 2. The van der Waals surface area contributed by atoms with Gasteiger partial charge in [0.2, 0.25) is 0 Å². The van der Waals surface area contributed by atoms with Crippen LogP contribution in [0.25, 0.3) is 0 Å². The molecule has 11 heteroatoms. The zero-order valence-electron chi connectivity index (χ0n) is 16.7.